The number of nitrogens with zero attached hydrogens (tertiary/aromatic N) is 1. The average Bonchev–Trinajstić information content (AvgIpc) is 2.47. The van der Waals surface area contributed by atoms with Gasteiger partial charge in [-0.1, -0.05) is 24.3 Å². The van der Waals surface area contributed by atoms with E-state index in [1.807, 2.05) is 14.2 Å². The van der Waals surface area contributed by atoms with E-state index in [1.165, 1.54) is 30.5 Å². The predicted molar refractivity (Wildman–Crippen MR) is 84.0 cm³/mol. The van der Waals surface area contributed by atoms with Crippen LogP contribution in [0.25, 0.3) is 0 Å². The molecule has 1 N–H and O–H groups in total. The van der Waals surface area contributed by atoms with E-state index in [0.717, 1.165) is 26.1 Å². The van der Waals surface area contributed by atoms with Crippen molar-refractivity contribution in [2.24, 2.45) is 0 Å². The van der Waals surface area contributed by atoms with Crippen molar-refractivity contribution in [1.82, 2.24) is 10.2 Å². The van der Waals surface area contributed by atoms with Crippen molar-refractivity contribution in [1.29, 1.82) is 0 Å². The topological polar surface area (TPSA) is 24.5 Å². The lowest BCUT2D eigenvalue weighted by molar-refractivity contribution is -0.0527. The predicted octanol–water partition coefficient (Wildman–Crippen LogP) is 2.45. The molecule has 3 heteroatoms. The number of hydrogen-bond donors (Lipinski definition) is 1. The Morgan fingerprint density at radius 2 is 1.95 bits per heavy atom. The van der Waals surface area contributed by atoms with Gasteiger partial charge in [0.1, 0.15) is 0 Å². The monoisotopic (exact) mass is 276 g/mol. The fourth-order valence-corrected chi connectivity index (χ4v) is 2.95. The summed E-state index contributed by atoms with van der Waals surface area (Å²) in [7, 11) is 3.83. The third-order valence-corrected chi connectivity index (χ3v) is 4.32. The standard InChI is InChI=1S/C17H28N2O/c1-17(20-3)10-4-12-19(14-17)13-16-7-5-15(6-8-16)9-11-18-2/h5-8,18H,4,9-14H2,1-3H3. The molecular formula is C17H28N2O. The van der Waals surface area contributed by atoms with Crippen LogP contribution >= 0.6 is 0 Å². The highest BCUT2D eigenvalue weighted by molar-refractivity contribution is 5.22. The number of benzene rings is 1. The molecule has 0 spiro atoms. The third-order valence-electron chi connectivity index (χ3n) is 4.32. The van der Waals surface area contributed by atoms with E-state index in [1.54, 1.807) is 0 Å². The van der Waals surface area contributed by atoms with Crippen molar-refractivity contribution in [3.8, 4) is 0 Å². The van der Waals surface area contributed by atoms with Gasteiger partial charge in [0, 0.05) is 20.2 Å². The Balaban J connectivity index is 1.89. The van der Waals surface area contributed by atoms with Crippen LogP contribution in [0.2, 0.25) is 0 Å². The summed E-state index contributed by atoms with van der Waals surface area (Å²) in [5, 5.41) is 3.19. The number of methoxy groups -OCH3 is 1. The third kappa shape index (κ3) is 4.30. The fourth-order valence-electron chi connectivity index (χ4n) is 2.95. The van der Waals surface area contributed by atoms with Crippen LogP contribution in [0.1, 0.15) is 30.9 Å². The van der Waals surface area contributed by atoms with Gasteiger partial charge in [-0.25, -0.2) is 0 Å². The maximum atomic E-state index is 5.66. The van der Waals surface area contributed by atoms with Crippen LogP contribution in [-0.4, -0.2) is 44.3 Å². The first-order valence-corrected chi connectivity index (χ1v) is 7.65. The summed E-state index contributed by atoms with van der Waals surface area (Å²) in [4.78, 5) is 2.51. The number of likely N-dealkylation sites (tertiary alicyclic amines) is 1. The van der Waals surface area contributed by atoms with Crippen molar-refractivity contribution >= 4 is 0 Å². The van der Waals surface area contributed by atoms with Crippen LogP contribution in [0.4, 0.5) is 0 Å². The van der Waals surface area contributed by atoms with E-state index < -0.39 is 0 Å². The summed E-state index contributed by atoms with van der Waals surface area (Å²) in [5.41, 5.74) is 2.84. The van der Waals surface area contributed by atoms with E-state index in [0.29, 0.717) is 0 Å². The lowest BCUT2D eigenvalue weighted by Crippen LogP contribution is -2.46. The zero-order valence-corrected chi connectivity index (χ0v) is 13.1. The Labute approximate surface area is 123 Å². The Morgan fingerprint density at radius 3 is 2.60 bits per heavy atom. The van der Waals surface area contributed by atoms with E-state index >= 15 is 0 Å². The first-order valence-electron chi connectivity index (χ1n) is 7.65. The minimum atomic E-state index is 0.0327. The molecule has 1 heterocycles. The molecule has 1 saturated heterocycles. The molecule has 3 nitrogen and oxygen atoms in total. The molecule has 0 radical (unpaired) electrons. The van der Waals surface area contributed by atoms with Gasteiger partial charge < -0.3 is 10.1 Å². The summed E-state index contributed by atoms with van der Waals surface area (Å²) in [5.74, 6) is 0. The molecule has 0 amide bonds. The van der Waals surface area contributed by atoms with Crippen molar-refractivity contribution in [3.63, 3.8) is 0 Å². The van der Waals surface area contributed by atoms with Crippen LogP contribution in [0.15, 0.2) is 24.3 Å². The van der Waals surface area contributed by atoms with Gasteiger partial charge in [0.05, 0.1) is 5.60 Å². The molecule has 112 valence electrons. The highest BCUT2D eigenvalue weighted by Gasteiger charge is 2.30. The van der Waals surface area contributed by atoms with Crippen molar-refractivity contribution in [2.75, 3.05) is 33.8 Å². The van der Waals surface area contributed by atoms with Crippen molar-refractivity contribution in [3.05, 3.63) is 35.4 Å². The summed E-state index contributed by atoms with van der Waals surface area (Å²) in [6, 6.07) is 9.05. The van der Waals surface area contributed by atoms with Gasteiger partial charge in [-0.2, -0.15) is 0 Å². The second-order valence-electron chi connectivity index (χ2n) is 6.14. The average molecular weight is 276 g/mol. The molecule has 1 aliphatic heterocycles. The highest BCUT2D eigenvalue weighted by Crippen LogP contribution is 2.25. The molecule has 1 aliphatic rings. The quantitative estimate of drug-likeness (QED) is 0.864. The zero-order chi connectivity index (χ0) is 14.4. The first kappa shape index (κ1) is 15.5. The van der Waals surface area contributed by atoms with E-state index in [9.17, 15) is 0 Å². The van der Waals surface area contributed by atoms with E-state index in [4.69, 9.17) is 4.74 Å². The van der Waals surface area contributed by atoms with Gasteiger partial charge in [0.25, 0.3) is 0 Å². The molecule has 0 aliphatic carbocycles. The summed E-state index contributed by atoms with van der Waals surface area (Å²) >= 11 is 0. The number of nitrogens with one attached hydrogen (secondary N) is 1. The van der Waals surface area contributed by atoms with Gasteiger partial charge in [0.2, 0.25) is 0 Å². The second kappa shape index (κ2) is 7.21. The van der Waals surface area contributed by atoms with Gasteiger partial charge >= 0.3 is 0 Å². The largest absolute Gasteiger partial charge is 0.377 e. The maximum Gasteiger partial charge on any atom is 0.0777 e. The SMILES string of the molecule is CNCCc1ccc(CN2CCCC(C)(OC)C2)cc1. The van der Waals surface area contributed by atoms with Crippen LogP contribution in [0, 0.1) is 0 Å². The normalized spacial score (nSPS) is 23.9. The second-order valence-corrected chi connectivity index (χ2v) is 6.14. The fraction of sp³-hybridized carbons (Fsp3) is 0.647. The maximum absolute atomic E-state index is 5.66. The minimum absolute atomic E-state index is 0.0327. The molecule has 1 fully saturated rings. The Hall–Kier alpha value is -0.900. The molecule has 0 bridgehead atoms. The van der Waals surface area contributed by atoms with Crippen molar-refractivity contribution in [2.45, 2.75) is 38.3 Å². The number of ether oxygens (including phenoxy) is 1. The number of likely N-dealkylation sites (N-methyl/N-ethyl adjacent to an activating group) is 1. The van der Waals surface area contributed by atoms with Gasteiger partial charge in [-0.3, -0.25) is 4.90 Å². The number of piperidine rings is 1. The van der Waals surface area contributed by atoms with Crippen LogP contribution in [0.3, 0.4) is 0 Å². The number of rotatable bonds is 6. The Morgan fingerprint density at radius 1 is 1.25 bits per heavy atom. The summed E-state index contributed by atoms with van der Waals surface area (Å²) in [6.07, 6.45) is 3.50. The van der Waals surface area contributed by atoms with Gasteiger partial charge in [-0.15, -0.1) is 0 Å². The molecule has 1 aromatic carbocycles. The Bertz CT molecular complexity index is 404. The Kier molecular flexibility index (Phi) is 5.58. The summed E-state index contributed by atoms with van der Waals surface area (Å²) < 4.78 is 5.66. The van der Waals surface area contributed by atoms with Gasteiger partial charge in [-0.05, 0) is 57.5 Å². The van der Waals surface area contributed by atoms with Gasteiger partial charge in [0.15, 0.2) is 0 Å². The lowest BCUT2D eigenvalue weighted by atomic mass is 9.94. The molecular weight excluding hydrogens is 248 g/mol. The molecule has 0 aromatic heterocycles. The zero-order valence-electron chi connectivity index (χ0n) is 13.1. The highest BCUT2D eigenvalue weighted by atomic mass is 16.5. The van der Waals surface area contributed by atoms with Crippen molar-refractivity contribution < 1.29 is 4.74 Å². The molecule has 2 rings (SSSR count). The number of hydrogen-bond acceptors (Lipinski definition) is 3. The first-order chi connectivity index (χ1) is 9.65. The van der Waals surface area contributed by atoms with E-state index in [-0.39, 0.29) is 5.60 Å². The minimum Gasteiger partial charge on any atom is -0.377 e. The van der Waals surface area contributed by atoms with Crippen LogP contribution in [0.5, 0.6) is 0 Å². The molecule has 1 atom stereocenters. The summed E-state index contributed by atoms with van der Waals surface area (Å²) in [6.45, 7) is 6.51. The lowest BCUT2D eigenvalue weighted by Gasteiger charge is -2.39. The molecule has 0 saturated carbocycles. The molecule has 1 aromatic rings. The van der Waals surface area contributed by atoms with Crippen LogP contribution < -0.4 is 5.32 Å². The van der Waals surface area contributed by atoms with E-state index in [2.05, 4.69) is 41.4 Å². The smallest absolute Gasteiger partial charge is 0.0777 e. The van der Waals surface area contributed by atoms with Crippen LogP contribution in [-0.2, 0) is 17.7 Å². The molecule has 1 unspecified atom stereocenters. The molecule has 20 heavy (non-hydrogen) atoms.